The number of ketones is 1. The number of nitrogens with zero attached hydrogens (tertiary/aromatic N) is 2. The third-order valence-electron chi connectivity index (χ3n) is 5.63. The van der Waals surface area contributed by atoms with Gasteiger partial charge in [0, 0.05) is 26.1 Å². The number of halogens is 6. The molecule has 3 rings (SSSR count). The molecule has 1 atom stereocenters. The zero-order valence-corrected chi connectivity index (χ0v) is 18.7. The molecule has 1 saturated carbocycles. The zero-order valence-electron chi connectivity index (χ0n) is 18.7. The van der Waals surface area contributed by atoms with Crippen molar-refractivity contribution < 1.29 is 45.3 Å². The molecule has 0 amide bonds. The van der Waals surface area contributed by atoms with Gasteiger partial charge in [0.05, 0.1) is 6.10 Å². The average molecular weight is 496 g/mol. The van der Waals surface area contributed by atoms with E-state index in [9.17, 15) is 31.1 Å². The SMILES string of the molecule is C[C@@H](COC1CCC(Oc2nc3c(F)cc(OCC(F)F)c(F)c3n2C)CC1)CC(=O)C(F)F. The lowest BCUT2D eigenvalue weighted by atomic mass is 9.95. The molecule has 0 N–H and O–H groups in total. The van der Waals surface area contributed by atoms with E-state index in [1.165, 1.54) is 11.6 Å². The number of fused-ring (bicyclic) bond motifs is 1. The maximum atomic E-state index is 14.7. The van der Waals surface area contributed by atoms with Crippen molar-refractivity contribution in [2.24, 2.45) is 13.0 Å². The molecule has 0 radical (unpaired) electrons. The number of ether oxygens (including phenoxy) is 3. The number of hydrogen-bond donors (Lipinski definition) is 0. The van der Waals surface area contributed by atoms with Gasteiger partial charge in [-0.05, 0) is 31.6 Å². The fourth-order valence-electron chi connectivity index (χ4n) is 3.88. The van der Waals surface area contributed by atoms with Crippen LogP contribution in [0.4, 0.5) is 26.3 Å². The molecular formula is C22H26F6N2O4. The minimum atomic E-state index is -2.98. The highest BCUT2D eigenvalue weighted by atomic mass is 19.3. The molecule has 1 aliphatic carbocycles. The molecule has 34 heavy (non-hydrogen) atoms. The summed E-state index contributed by atoms with van der Waals surface area (Å²) in [6.45, 7) is 0.784. The van der Waals surface area contributed by atoms with Crippen LogP contribution in [-0.2, 0) is 16.6 Å². The Bertz CT molecular complexity index is 992. The summed E-state index contributed by atoms with van der Waals surface area (Å²) in [4.78, 5) is 15.1. The van der Waals surface area contributed by atoms with Gasteiger partial charge in [-0.1, -0.05) is 6.92 Å². The quantitative estimate of drug-likeness (QED) is 0.407. The van der Waals surface area contributed by atoms with Gasteiger partial charge in [-0.25, -0.2) is 26.3 Å². The third kappa shape index (κ3) is 6.34. The number of benzene rings is 1. The summed E-state index contributed by atoms with van der Waals surface area (Å²) in [5, 5.41) is 0. The summed E-state index contributed by atoms with van der Waals surface area (Å²) in [7, 11) is 1.42. The molecule has 0 saturated heterocycles. The standard InChI is InChI=1S/C22H26F6N2O4/c1-11(7-15(31)21(27)28)9-32-12-3-5-13(6-4-12)34-22-29-19-14(23)8-16(33-10-17(24)25)18(26)20(19)30(22)2/h8,11-13,17,21H,3-7,9-10H2,1-2H3/t11-,12?,13?/m1/s1. The molecule has 0 unspecified atom stereocenters. The molecule has 1 fully saturated rings. The van der Waals surface area contributed by atoms with Crippen molar-refractivity contribution in [1.82, 2.24) is 9.55 Å². The highest BCUT2D eigenvalue weighted by Gasteiger charge is 2.27. The minimum Gasteiger partial charge on any atom is -0.484 e. The van der Waals surface area contributed by atoms with Crippen LogP contribution < -0.4 is 9.47 Å². The van der Waals surface area contributed by atoms with Crippen molar-refractivity contribution in [3.63, 3.8) is 0 Å². The Labute approximate surface area is 192 Å². The summed E-state index contributed by atoms with van der Waals surface area (Å²) < 4.78 is 96.0. The molecule has 0 aliphatic heterocycles. The third-order valence-corrected chi connectivity index (χ3v) is 5.63. The molecule has 2 aromatic rings. The molecule has 12 heteroatoms. The first-order valence-electron chi connectivity index (χ1n) is 10.9. The van der Waals surface area contributed by atoms with Crippen molar-refractivity contribution in [2.45, 2.75) is 64.1 Å². The van der Waals surface area contributed by atoms with Gasteiger partial charge in [-0.3, -0.25) is 9.36 Å². The number of aryl methyl sites for hydroxylation is 1. The number of carbonyl (C=O) groups is 1. The predicted molar refractivity (Wildman–Crippen MR) is 110 cm³/mol. The van der Waals surface area contributed by atoms with Crippen LogP contribution in [0, 0.1) is 17.6 Å². The lowest BCUT2D eigenvalue weighted by molar-refractivity contribution is -0.131. The van der Waals surface area contributed by atoms with E-state index in [2.05, 4.69) is 9.72 Å². The lowest BCUT2D eigenvalue weighted by Crippen LogP contribution is -2.30. The van der Waals surface area contributed by atoms with Crippen LogP contribution >= 0.6 is 0 Å². The number of aromatic nitrogens is 2. The van der Waals surface area contributed by atoms with Gasteiger partial charge in [0.25, 0.3) is 18.9 Å². The van der Waals surface area contributed by atoms with E-state index in [0.29, 0.717) is 31.7 Å². The minimum absolute atomic E-state index is 0.0256. The predicted octanol–water partition coefficient (Wildman–Crippen LogP) is 5.06. The van der Waals surface area contributed by atoms with E-state index in [4.69, 9.17) is 9.47 Å². The first kappa shape index (κ1) is 26.1. The Morgan fingerprint density at radius 3 is 2.38 bits per heavy atom. The van der Waals surface area contributed by atoms with Crippen LogP contribution in [0.2, 0.25) is 0 Å². The Hall–Kier alpha value is -2.50. The van der Waals surface area contributed by atoms with Crippen molar-refractivity contribution in [3.8, 4) is 11.8 Å². The van der Waals surface area contributed by atoms with E-state index in [0.717, 1.165) is 0 Å². The second-order valence-corrected chi connectivity index (χ2v) is 8.45. The normalized spacial score (nSPS) is 19.7. The smallest absolute Gasteiger partial charge is 0.297 e. The van der Waals surface area contributed by atoms with Crippen LogP contribution in [0.5, 0.6) is 11.8 Å². The van der Waals surface area contributed by atoms with Crippen LogP contribution in [0.25, 0.3) is 11.0 Å². The number of alkyl halides is 4. The Morgan fingerprint density at radius 1 is 1.12 bits per heavy atom. The molecule has 6 nitrogen and oxygen atoms in total. The Morgan fingerprint density at radius 2 is 1.76 bits per heavy atom. The first-order chi connectivity index (χ1) is 16.1. The van der Waals surface area contributed by atoms with E-state index >= 15 is 0 Å². The zero-order chi connectivity index (χ0) is 25.0. The van der Waals surface area contributed by atoms with Gasteiger partial charge in [0.1, 0.15) is 23.7 Å². The number of hydrogen-bond acceptors (Lipinski definition) is 5. The van der Waals surface area contributed by atoms with E-state index < -0.39 is 42.6 Å². The maximum Gasteiger partial charge on any atom is 0.297 e. The largest absolute Gasteiger partial charge is 0.484 e. The molecule has 1 heterocycles. The number of Topliss-reactive ketones (excluding diaryl/α,β-unsaturated/α-hetero) is 1. The molecule has 1 aromatic carbocycles. The van der Waals surface area contributed by atoms with Crippen molar-refractivity contribution >= 4 is 16.8 Å². The van der Waals surface area contributed by atoms with Crippen LogP contribution in [0.1, 0.15) is 39.0 Å². The molecule has 1 aromatic heterocycles. The van der Waals surface area contributed by atoms with E-state index in [1.807, 2.05) is 0 Å². The lowest BCUT2D eigenvalue weighted by Gasteiger charge is -2.29. The van der Waals surface area contributed by atoms with Crippen molar-refractivity contribution in [1.29, 1.82) is 0 Å². The van der Waals surface area contributed by atoms with Crippen molar-refractivity contribution in [3.05, 3.63) is 17.7 Å². The summed E-state index contributed by atoms with van der Waals surface area (Å²) in [6.07, 6.45) is -4.13. The molecule has 190 valence electrons. The second kappa shape index (κ2) is 11.3. The van der Waals surface area contributed by atoms with Crippen LogP contribution in [0.15, 0.2) is 6.07 Å². The number of imidazole rings is 1. The Kier molecular flexibility index (Phi) is 8.67. The molecular weight excluding hydrogens is 470 g/mol. The first-order valence-corrected chi connectivity index (χ1v) is 10.9. The summed E-state index contributed by atoms with van der Waals surface area (Å²) in [5.74, 6) is -4.01. The van der Waals surface area contributed by atoms with Gasteiger partial charge >= 0.3 is 0 Å². The van der Waals surface area contributed by atoms with Gasteiger partial charge < -0.3 is 14.2 Å². The van der Waals surface area contributed by atoms with Crippen molar-refractivity contribution in [2.75, 3.05) is 13.2 Å². The fourth-order valence-corrected chi connectivity index (χ4v) is 3.88. The van der Waals surface area contributed by atoms with Crippen LogP contribution in [0.3, 0.4) is 0 Å². The Balaban J connectivity index is 1.57. The highest BCUT2D eigenvalue weighted by molar-refractivity contribution is 5.81. The van der Waals surface area contributed by atoms with Gasteiger partial charge in [0.2, 0.25) is 0 Å². The van der Waals surface area contributed by atoms with Gasteiger partial charge in [0.15, 0.2) is 23.2 Å². The fraction of sp³-hybridized carbons (Fsp3) is 0.636. The summed E-state index contributed by atoms with van der Waals surface area (Å²) in [6, 6.07) is 0.650. The second-order valence-electron chi connectivity index (χ2n) is 8.45. The topological polar surface area (TPSA) is 62.6 Å². The van der Waals surface area contributed by atoms with E-state index in [-0.39, 0.29) is 48.2 Å². The summed E-state index contributed by atoms with van der Waals surface area (Å²) in [5.41, 5.74) is -0.563. The average Bonchev–Trinajstić information content (AvgIpc) is 3.11. The number of carbonyl (C=O) groups excluding carboxylic acids is 1. The van der Waals surface area contributed by atoms with Gasteiger partial charge in [-0.2, -0.15) is 4.98 Å². The molecule has 0 spiro atoms. The van der Waals surface area contributed by atoms with Crippen LogP contribution in [-0.4, -0.2) is 53.6 Å². The monoisotopic (exact) mass is 496 g/mol. The maximum absolute atomic E-state index is 14.7. The van der Waals surface area contributed by atoms with E-state index in [1.54, 1.807) is 6.92 Å². The highest BCUT2D eigenvalue weighted by Crippen LogP contribution is 2.33. The summed E-state index contributed by atoms with van der Waals surface area (Å²) >= 11 is 0. The number of rotatable bonds is 11. The molecule has 0 bridgehead atoms. The molecule has 1 aliphatic rings. The van der Waals surface area contributed by atoms with Gasteiger partial charge in [-0.15, -0.1) is 0 Å².